The number of nitrogens with one attached hydrogen (secondary N) is 2. The summed E-state index contributed by atoms with van der Waals surface area (Å²) in [5.41, 5.74) is 1.07. The van der Waals surface area contributed by atoms with E-state index in [0.29, 0.717) is 6.54 Å². The fourth-order valence-corrected chi connectivity index (χ4v) is 1.39. The van der Waals surface area contributed by atoms with E-state index >= 15 is 0 Å². The van der Waals surface area contributed by atoms with E-state index in [1.54, 1.807) is 0 Å². The summed E-state index contributed by atoms with van der Waals surface area (Å²) >= 11 is 8.24. The Labute approximate surface area is 107 Å². The summed E-state index contributed by atoms with van der Waals surface area (Å²) in [6, 6.07) is 7.79. The first-order chi connectivity index (χ1) is 7.61. The summed E-state index contributed by atoms with van der Waals surface area (Å²) in [6.45, 7) is 0.552. The molecule has 0 atom stereocenters. The number of rotatable bonds is 2. The van der Waals surface area contributed by atoms with Crippen LogP contribution in [0.1, 0.15) is 5.56 Å². The van der Waals surface area contributed by atoms with Gasteiger partial charge in [-0.3, -0.25) is 5.32 Å². The molecule has 1 amide bonds. The molecule has 1 aromatic carbocycles. The lowest BCUT2D eigenvalue weighted by Crippen LogP contribution is -2.38. The molecule has 0 fully saturated rings. The van der Waals surface area contributed by atoms with Crippen molar-refractivity contribution < 1.29 is 9.53 Å². The monoisotopic (exact) mass is 302 g/mol. The molecule has 0 spiro atoms. The topological polar surface area (TPSA) is 50.4 Å². The van der Waals surface area contributed by atoms with Crippen LogP contribution in [0, 0.1) is 0 Å². The van der Waals surface area contributed by atoms with Gasteiger partial charge in [-0.2, -0.15) is 0 Å². The largest absolute Gasteiger partial charge is 0.453 e. The van der Waals surface area contributed by atoms with Gasteiger partial charge >= 0.3 is 6.09 Å². The SMILES string of the molecule is COC(=O)NC(=S)NCc1ccc(Br)cc1. The third-order valence-electron chi connectivity index (χ3n) is 1.77. The average molecular weight is 303 g/mol. The van der Waals surface area contributed by atoms with Gasteiger partial charge in [-0.05, 0) is 29.9 Å². The smallest absolute Gasteiger partial charge is 0.413 e. The normalized spacial score (nSPS) is 9.38. The molecule has 0 aliphatic heterocycles. The van der Waals surface area contributed by atoms with Crippen molar-refractivity contribution in [3.05, 3.63) is 34.3 Å². The minimum absolute atomic E-state index is 0.245. The molecule has 4 nitrogen and oxygen atoms in total. The highest BCUT2D eigenvalue weighted by Gasteiger charge is 2.02. The predicted octanol–water partition coefficient (Wildman–Crippen LogP) is 2.18. The zero-order chi connectivity index (χ0) is 12.0. The third kappa shape index (κ3) is 4.59. The number of hydrogen-bond donors (Lipinski definition) is 2. The number of halogens is 1. The van der Waals surface area contributed by atoms with E-state index in [4.69, 9.17) is 12.2 Å². The van der Waals surface area contributed by atoms with Crippen LogP contribution in [0.15, 0.2) is 28.7 Å². The Balaban J connectivity index is 2.37. The van der Waals surface area contributed by atoms with Crippen LogP contribution in [0.2, 0.25) is 0 Å². The van der Waals surface area contributed by atoms with E-state index in [-0.39, 0.29) is 5.11 Å². The first-order valence-electron chi connectivity index (χ1n) is 4.49. The minimum atomic E-state index is -0.576. The first-order valence-corrected chi connectivity index (χ1v) is 5.69. The van der Waals surface area contributed by atoms with Crippen molar-refractivity contribution in [2.45, 2.75) is 6.54 Å². The Morgan fingerprint density at radius 1 is 1.44 bits per heavy atom. The summed E-state index contributed by atoms with van der Waals surface area (Å²) in [5, 5.41) is 5.49. The fraction of sp³-hybridized carbons (Fsp3) is 0.200. The number of thiocarbonyl (C=S) groups is 1. The molecular weight excluding hydrogens is 292 g/mol. The van der Waals surface area contributed by atoms with Crippen molar-refractivity contribution in [3.8, 4) is 0 Å². The molecule has 2 N–H and O–H groups in total. The van der Waals surface area contributed by atoms with Crippen molar-refractivity contribution in [2.75, 3.05) is 7.11 Å². The second kappa shape index (κ2) is 6.44. The second-order valence-electron chi connectivity index (χ2n) is 2.93. The van der Waals surface area contributed by atoms with Crippen LogP contribution >= 0.6 is 28.1 Å². The van der Waals surface area contributed by atoms with Crippen molar-refractivity contribution in [1.29, 1.82) is 0 Å². The van der Waals surface area contributed by atoms with E-state index in [9.17, 15) is 4.79 Å². The molecule has 16 heavy (non-hydrogen) atoms. The van der Waals surface area contributed by atoms with Gasteiger partial charge in [0.05, 0.1) is 7.11 Å². The highest BCUT2D eigenvalue weighted by Crippen LogP contribution is 2.09. The standard InChI is InChI=1S/C10H11BrN2O2S/c1-15-10(14)13-9(16)12-6-7-2-4-8(11)5-3-7/h2-5H,6H2,1H3,(H2,12,13,14,16). The highest BCUT2D eigenvalue weighted by molar-refractivity contribution is 9.10. The van der Waals surface area contributed by atoms with Gasteiger partial charge in [0, 0.05) is 11.0 Å². The molecule has 1 aromatic rings. The van der Waals surface area contributed by atoms with E-state index in [1.165, 1.54) is 7.11 Å². The minimum Gasteiger partial charge on any atom is -0.453 e. The summed E-state index contributed by atoms with van der Waals surface area (Å²) in [4.78, 5) is 10.8. The molecule has 0 aliphatic carbocycles. The summed E-state index contributed by atoms with van der Waals surface area (Å²) < 4.78 is 5.42. The summed E-state index contributed by atoms with van der Waals surface area (Å²) in [5.74, 6) is 0. The van der Waals surface area contributed by atoms with E-state index < -0.39 is 6.09 Å². The summed E-state index contributed by atoms with van der Waals surface area (Å²) in [6.07, 6.45) is -0.576. The number of amides is 1. The lowest BCUT2D eigenvalue weighted by Gasteiger charge is -2.08. The molecule has 6 heteroatoms. The highest BCUT2D eigenvalue weighted by atomic mass is 79.9. The molecule has 0 heterocycles. The lowest BCUT2D eigenvalue weighted by atomic mass is 10.2. The Morgan fingerprint density at radius 2 is 2.06 bits per heavy atom. The van der Waals surface area contributed by atoms with Gasteiger partial charge in [0.15, 0.2) is 5.11 Å². The number of ether oxygens (including phenoxy) is 1. The molecule has 0 aliphatic rings. The Bertz CT molecular complexity index is 381. The molecular formula is C10H11BrN2O2S. The molecule has 0 saturated heterocycles. The van der Waals surface area contributed by atoms with Crippen LogP contribution in [0.5, 0.6) is 0 Å². The van der Waals surface area contributed by atoms with Gasteiger partial charge in [-0.1, -0.05) is 28.1 Å². The quantitative estimate of drug-likeness (QED) is 0.822. The number of alkyl carbamates (subject to hydrolysis) is 1. The van der Waals surface area contributed by atoms with E-state index in [1.807, 2.05) is 24.3 Å². The number of carbonyl (C=O) groups excluding carboxylic acids is 1. The van der Waals surface area contributed by atoms with Crippen molar-refractivity contribution in [2.24, 2.45) is 0 Å². The number of benzene rings is 1. The second-order valence-corrected chi connectivity index (χ2v) is 4.25. The summed E-state index contributed by atoms with van der Waals surface area (Å²) in [7, 11) is 1.28. The maximum absolute atomic E-state index is 10.8. The van der Waals surface area contributed by atoms with Crippen LogP contribution < -0.4 is 10.6 Å². The van der Waals surface area contributed by atoms with Crippen LogP contribution in [0.25, 0.3) is 0 Å². The van der Waals surface area contributed by atoms with Gasteiger partial charge in [0.25, 0.3) is 0 Å². The zero-order valence-corrected chi connectivity index (χ0v) is 11.0. The van der Waals surface area contributed by atoms with Gasteiger partial charge in [0.1, 0.15) is 0 Å². The maximum atomic E-state index is 10.8. The molecule has 0 saturated carbocycles. The predicted molar refractivity (Wildman–Crippen MR) is 69.1 cm³/mol. The maximum Gasteiger partial charge on any atom is 0.413 e. The van der Waals surface area contributed by atoms with Gasteiger partial charge in [-0.15, -0.1) is 0 Å². The fourth-order valence-electron chi connectivity index (χ4n) is 0.973. The lowest BCUT2D eigenvalue weighted by molar-refractivity contribution is 0.176. The van der Waals surface area contributed by atoms with E-state index in [2.05, 4.69) is 31.3 Å². The molecule has 0 aromatic heterocycles. The van der Waals surface area contributed by atoms with Crippen molar-refractivity contribution >= 4 is 39.4 Å². The zero-order valence-electron chi connectivity index (χ0n) is 8.62. The average Bonchev–Trinajstić information content (AvgIpc) is 2.28. The van der Waals surface area contributed by atoms with Crippen LogP contribution in [-0.2, 0) is 11.3 Å². The molecule has 0 bridgehead atoms. The third-order valence-corrected chi connectivity index (χ3v) is 2.54. The Morgan fingerprint density at radius 3 is 2.62 bits per heavy atom. The van der Waals surface area contributed by atoms with Gasteiger partial charge in [-0.25, -0.2) is 4.79 Å². The molecule has 0 radical (unpaired) electrons. The molecule has 1 rings (SSSR count). The van der Waals surface area contributed by atoms with Crippen LogP contribution in [0.4, 0.5) is 4.79 Å². The van der Waals surface area contributed by atoms with Gasteiger partial charge < -0.3 is 10.1 Å². The number of hydrogen-bond acceptors (Lipinski definition) is 3. The Kier molecular flexibility index (Phi) is 5.21. The van der Waals surface area contributed by atoms with E-state index in [0.717, 1.165) is 10.0 Å². The first kappa shape index (κ1) is 12.9. The van der Waals surface area contributed by atoms with Crippen molar-refractivity contribution in [1.82, 2.24) is 10.6 Å². The molecule has 86 valence electrons. The van der Waals surface area contributed by atoms with Crippen LogP contribution in [-0.4, -0.2) is 18.3 Å². The van der Waals surface area contributed by atoms with Gasteiger partial charge in [0.2, 0.25) is 0 Å². The number of carbonyl (C=O) groups is 1. The van der Waals surface area contributed by atoms with Crippen molar-refractivity contribution in [3.63, 3.8) is 0 Å². The number of methoxy groups -OCH3 is 1. The van der Waals surface area contributed by atoms with Crippen LogP contribution in [0.3, 0.4) is 0 Å². The molecule has 0 unspecified atom stereocenters. The Hall–Kier alpha value is -1.14.